The summed E-state index contributed by atoms with van der Waals surface area (Å²) < 4.78 is 15.8. The summed E-state index contributed by atoms with van der Waals surface area (Å²) in [6.07, 6.45) is 3.16. The van der Waals surface area contributed by atoms with Gasteiger partial charge in [0.05, 0.1) is 5.56 Å². The number of aromatic hydroxyl groups is 1. The topological polar surface area (TPSA) is 170 Å². The molecule has 3 fully saturated rings. The van der Waals surface area contributed by atoms with Crippen LogP contribution in [0.15, 0.2) is 28.7 Å². The van der Waals surface area contributed by atoms with E-state index in [1.807, 2.05) is 0 Å². The van der Waals surface area contributed by atoms with Gasteiger partial charge in [0.1, 0.15) is 28.7 Å². The number of fused-ring (bicyclic) bond motifs is 5. The number of ketones is 2. The van der Waals surface area contributed by atoms with Gasteiger partial charge in [0.25, 0.3) is 5.91 Å². The van der Waals surface area contributed by atoms with Crippen molar-refractivity contribution in [3.05, 3.63) is 51.2 Å². The number of nitrogens with two attached hydrogens (primary N) is 1. The monoisotopic (exact) mass is 554 g/mol. The number of amides is 1. The second kappa shape index (κ2) is 8.88. The minimum Gasteiger partial charge on any atom is -0.511 e. The van der Waals surface area contributed by atoms with Crippen molar-refractivity contribution in [2.24, 2.45) is 40.7 Å². The first-order valence-electron chi connectivity index (χ1n) is 14.0. The molecule has 40 heavy (non-hydrogen) atoms. The summed E-state index contributed by atoms with van der Waals surface area (Å²) in [6.45, 7) is 5.55. The molecule has 0 spiro atoms. The number of phenolic OH excluding ortho intramolecular Hbond substituents is 1. The van der Waals surface area contributed by atoms with E-state index in [4.69, 9.17) is 5.73 Å². The second-order valence-corrected chi connectivity index (χ2v) is 13.0. The highest BCUT2D eigenvalue weighted by Crippen LogP contribution is 2.61. The number of hydrogen-bond donors (Lipinski definition) is 6. The summed E-state index contributed by atoms with van der Waals surface area (Å²) in [4.78, 5) is 38.3. The molecule has 2 bridgehead atoms. The molecular weight excluding hydrogens is 519 g/mol. The molecule has 0 aliphatic heterocycles. The highest BCUT2D eigenvalue weighted by molar-refractivity contribution is 6.24. The van der Waals surface area contributed by atoms with Crippen LogP contribution in [0, 0.1) is 40.8 Å². The molecule has 3 saturated carbocycles. The first kappa shape index (κ1) is 27.0. The largest absolute Gasteiger partial charge is 0.511 e. The van der Waals surface area contributed by atoms with Crippen molar-refractivity contribution in [3.8, 4) is 5.75 Å². The highest BCUT2D eigenvalue weighted by Gasteiger charge is 2.60. The summed E-state index contributed by atoms with van der Waals surface area (Å²) in [5.74, 6) is -5.93. The van der Waals surface area contributed by atoms with Gasteiger partial charge in [-0.05, 0) is 73.8 Å². The molecule has 214 valence electrons. The number of Topliss-reactive ketones (excluding diaryl/α,β-unsaturated/α-hetero) is 2. The van der Waals surface area contributed by atoms with Gasteiger partial charge >= 0.3 is 0 Å². The predicted molar refractivity (Wildman–Crippen MR) is 141 cm³/mol. The van der Waals surface area contributed by atoms with E-state index in [-0.39, 0.29) is 48.1 Å². The van der Waals surface area contributed by atoms with Crippen LogP contribution in [0.3, 0.4) is 0 Å². The van der Waals surface area contributed by atoms with Crippen LogP contribution >= 0.6 is 0 Å². The van der Waals surface area contributed by atoms with E-state index < -0.39 is 63.6 Å². The van der Waals surface area contributed by atoms with Gasteiger partial charge in [-0.15, -0.1) is 0 Å². The second-order valence-electron chi connectivity index (χ2n) is 13.0. The van der Waals surface area contributed by atoms with E-state index >= 15 is 4.39 Å². The van der Waals surface area contributed by atoms with Crippen molar-refractivity contribution >= 4 is 17.5 Å². The van der Waals surface area contributed by atoms with Gasteiger partial charge < -0.3 is 31.5 Å². The van der Waals surface area contributed by atoms with Crippen molar-refractivity contribution in [1.82, 2.24) is 5.32 Å². The van der Waals surface area contributed by atoms with Crippen LogP contribution in [-0.2, 0) is 22.6 Å². The lowest BCUT2D eigenvalue weighted by Crippen LogP contribution is -2.57. The summed E-state index contributed by atoms with van der Waals surface area (Å²) >= 11 is 0. The fraction of sp³-hybridized carbons (Fsp3) is 0.567. The number of carbonyl (C=O) groups excluding carboxylic acids is 3. The molecule has 7 N–H and O–H groups in total. The Morgan fingerprint density at radius 2 is 1.85 bits per heavy atom. The van der Waals surface area contributed by atoms with Crippen LogP contribution in [0.1, 0.15) is 67.4 Å². The molecule has 1 amide bonds. The van der Waals surface area contributed by atoms with Crippen molar-refractivity contribution in [3.63, 3.8) is 0 Å². The van der Waals surface area contributed by atoms with E-state index in [0.29, 0.717) is 17.3 Å². The third-order valence-corrected chi connectivity index (χ3v) is 10.8. The van der Waals surface area contributed by atoms with E-state index in [0.717, 1.165) is 18.9 Å². The lowest BCUT2D eigenvalue weighted by Gasteiger charge is -2.60. The molecule has 10 heteroatoms. The fourth-order valence-corrected chi connectivity index (χ4v) is 8.45. The van der Waals surface area contributed by atoms with Gasteiger partial charge in [0.2, 0.25) is 5.78 Å². The van der Waals surface area contributed by atoms with Gasteiger partial charge in [-0.25, -0.2) is 4.39 Å². The van der Waals surface area contributed by atoms with Gasteiger partial charge in [-0.3, -0.25) is 14.4 Å². The summed E-state index contributed by atoms with van der Waals surface area (Å²) in [7, 11) is 0. The van der Waals surface area contributed by atoms with Crippen molar-refractivity contribution < 1.29 is 39.2 Å². The van der Waals surface area contributed by atoms with Crippen LogP contribution in [0.5, 0.6) is 5.75 Å². The Kier molecular flexibility index (Phi) is 5.98. The normalized spacial score (nSPS) is 34.1. The Morgan fingerprint density at radius 3 is 2.50 bits per heavy atom. The Bertz CT molecular complexity index is 1430. The maximum atomic E-state index is 15.8. The van der Waals surface area contributed by atoms with Crippen LogP contribution in [0.25, 0.3) is 0 Å². The summed E-state index contributed by atoms with van der Waals surface area (Å²) in [5, 5.41) is 46.8. The average molecular weight is 555 g/mol. The number of aliphatic hydroxyl groups is 3. The van der Waals surface area contributed by atoms with Gasteiger partial charge in [0, 0.05) is 35.6 Å². The summed E-state index contributed by atoms with van der Waals surface area (Å²) in [5.41, 5.74) is 1.72. The van der Waals surface area contributed by atoms with Crippen molar-refractivity contribution in [1.29, 1.82) is 0 Å². The smallest absolute Gasteiger partial charge is 0.255 e. The molecule has 9 nitrogen and oxygen atoms in total. The summed E-state index contributed by atoms with van der Waals surface area (Å²) in [6, 6.07) is 1.21. The number of nitrogens with one attached hydrogen (secondary N) is 1. The zero-order valence-corrected chi connectivity index (χ0v) is 22.6. The van der Waals surface area contributed by atoms with Gasteiger partial charge in [-0.1, -0.05) is 13.8 Å². The zero-order chi connectivity index (χ0) is 28.9. The molecular formula is C30H35FN2O7. The number of phenols is 1. The minimum absolute atomic E-state index is 0.0224. The minimum atomic E-state index is -2.64. The van der Waals surface area contributed by atoms with Crippen molar-refractivity contribution in [2.45, 2.75) is 64.5 Å². The number of aliphatic hydroxyl groups excluding tert-OH is 2. The molecule has 0 saturated heterocycles. The molecule has 1 aromatic carbocycles. The molecule has 7 rings (SSSR count). The van der Waals surface area contributed by atoms with Crippen LogP contribution in [-0.4, -0.2) is 50.0 Å². The first-order chi connectivity index (χ1) is 18.8. The number of halogens is 1. The van der Waals surface area contributed by atoms with Crippen molar-refractivity contribution in [2.75, 3.05) is 6.54 Å². The maximum absolute atomic E-state index is 15.8. The zero-order valence-electron chi connectivity index (χ0n) is 22.6. The number of allylic oxidation sites excluding steroid dienone is 2. The lowest BCUT2D eigenvalue weighted by molar-refractivity contribution is -0.144. The third-order valence-electron chi connectivity index (χ3n) is 10.8. The highest BCUT2D eigenvalue weighted by atomic mass is 19.1. The predicted octanol–water partition coefficient (Wildman–Crippen LogP) is 2.88. The molecule has 6 aliphatic rings. The molecule has 3 unspecified atom stereocenters. The number of benzene rings is 1. The van der Waals surface area contributed by atoms with Crippen LogP contribution in [0.4, 0.5) is 4.39 Å². The lowest BCUT2D eigenvalue weighted by atomic mass is 9.45. The standard InChI is InChI=1S/C30H35FN2O7/c1-29(2)15-4-3-12(18(29)8-15)10-33-11-14-7-19(34)22-17(24(14)31)6-13-5-16-9-20(35)23(28(32)39)27(38)30(16,40)26(37)21(13)25(22)36/h7,12-13,15-16,18,33-35,37,40H,3-6,8-11H2,1-2H3,(H2,32,39)/t12-,13?,15?,16+,18?,30+/m1/s1. The quantitative estimate of drug-likeness (QED) is 0.302. The molecule has 6 atom stereocenters. The Hall–Kier alpha value is -3.24. The third kappa shape index (κ3) is 3.54. The van der Waals surface area contributed by atoms with E-state index in [1.165, 1.54) is 18.9 Å². The average Bonchev–Trinajstić information content (AvgIpc) is 2.88. The van der Waals surface area contributed by atoms with Gasteiger partial charge in [-0.2, -0.15) is 0 Å². The number of carbonyl (C=O) groups is 3. The number of primary amides is 1. The molecule has 0 heterocycles. The molecule has 6 aliphatic carbocycles. The fourth-order valence-electron chi connectivity index (χ4n) is 8.45. The van der Waals surface area contributed by atoms with Crippen LogP contribution < -0.4 is 11.1 Å². The SMILES string of the molecule is CC1(C)C2CC[C@H](CNCc3cc(O)c4c(c3F)CC3C[C@H]5CC(O)=C(C(N)=O)C(=O)[C@@]5(O)C(O)=C3C4=O)C1C2. The number of rotatable bonds is 5. The van der Waals surface area contributed by atoms with E-state index in [9.17, 15) is 34.8 Å². The molecule has 0 aromatic heterocycles. The van der Waals surface area contributed by atoms with Crippen LogP contribution in [0.2, 0.25) is 0 Å². The Balaban J connectivity index is 1.28. The molecule has 0 radical (unpaired) electrons. The Morgan fingerprint density at radius 1 is 1.12 bits per heavy atom. The number of hydrogen-bond acceptors (Lipinski definition) is 8. The maximum Gasteiger partial charge on any atom is 0.255 e. The van der Waals surface area contributed by atoms with E-state index in [2.05, 4.69) is 19.2 Å². The van der Waals surface area contributed by atoms with Gasteiger partial charge in [0.15, 0.2) is 11.4 Å². The van der Waals surface area contributed by atoms with E-state index in [1.54, 1.807) is 0 Å². The Labute approximate surface area is 230 Å². The first-order valence-corrected chi connectivity index (χ1v) is 14.0. The molecule has 1 aromatic rings.